The monoisotopic (exact) mass is 369 g/mol. The molecule has 1 aliphatic rings. The van der Waals surface area contributed by atoms with Gasteiger partial charge in [0.05, 0.1) is 5.56 Å². The first-order chi connectivity index (χ1) is 13.7. The van der Waals surface area contributed by atoms with Crippen molar-refractivity contribution in [3.8, 4) is 17.2 Å². The molecule has 0 saturated carbocycles. The van der Waals surface area contributed by atoms with Crippen LogP contribution in [-0.4, -0.2) is 43.1 Å². The lowest BCUT2D eigenvalue weighted by Crippen LogP contribution is -2.44. The fourth-order valence-electron chi connectivity index (χ4n) is 3.40. The van der Waals surface area contributed by atoms with Crippen LogP contribution in [0.5, 0.6) is 0 Å². The molecule has 2 aromatic carbocycles. The molecule has 4 rings (SSSR count). The van der Waals surface area contributed by atoms with Gasteiger partial charge in [0.1, 0.15) is 11.9 Å². The van der Waals surface area contributed by atoms with Crippen LogP contribution < -0.4 is 10.2 Å². The lowest BCUT2D eigenvalue weighted by Gasteiger charge is -2.34. The van der Waals surface area contributed by atoms with E-state index in [0.717, 1.165) is 43.0 Å². The van der Waals surface area contributed by atoms with Crippen LogP contribution in [0.1, 0.15) is 5.56 Å². The number of piperazine rings is 1. The minimum atomic E-state index is 0.532. The molecule has 1 saturated heterocycles. The minimum Gasteiger partial charge on any atom is -0.369 e. The highest BCUT2D eigenvalue weighted by molar-refractivity contribution is 5.71. The molecule has 1 fully saturated rings. The van der Waals surface area contributed by atoms with Gasteiger partial charge in [0.2, 0.25) is 0 Å². The van der Waals surface area contributed by atoms with Crippen LogP contribution in [0.25, 0.3) is 11.1 Å². The smallest absolute Gasteiger partial charge is 0.148 e. The summed E-state index contributed by atoms with van der Waals surface area (Å²) in [6.45, 7) is 4.27. The van der Waals surface area contributed by atoms with E-state index in [1.165, 1.54) is 5.69 Å². The van der Waals surface area contributed by atoms with E-state index in [4.69, 9.17) is 0 Å². The predicted octanol–water partition coefficient (Wildman–Crippen LogP) is 4.12. The zero-order valence-electron chi connectivity index (χ0n) is 16.0. The van der Waals surface area contributed by atoms with Crippen molar-refractivity contribution in [3.05, 3.63) is 72.4 Å². The number of aromatic nitrogens is 1. The number of hydrogen-bond acceptors (Lipinski definition) is 5. The van der Waals surface area contributed by atoms with Crippen molar-refractivity contribution >= 4 is 17.2 Å². The van der Waals surface area contributed by atoms with Crippen molar-refractivity contribution in [2.75, 3.05) is 43.4 Å². The van der Waals surface area contributed by atoms with Gasteiger partial charge in [-0.3, -0.25) is 0 Å². The molecule has 0 aliphatic carbocycles. The zero-order chi connectivity index (χ0) is 19.3. The lowest BCUT2D eigenvalue weighted by atomic mass is 10.1. The highest BCUT2D eigenvalue weighted by atomic mass is 15.2. The van der Waals surface area contributed by atoms with Crippen molar-refractivity contribution < 1.29 is 0 Å². The fraction of sp³-hybridized carbons (Fsp3) is 0.217. The number of rotatable bonds is 4. The number of hydrogen-bond donors (Lipinski definition) is 1. The number of nitriles is 1. The van der Waals surface area contributed by atoms with E-state index < -0.39 is 0 Å². The molecule has 0 atom stereocenters. The van der Waals surface area contributed by atoms with Gasteiger partial charge in [-0.2, -0.15) is 5.26 Å². The topological polar surface area (TPSA) is 55.2 Å². The van der Waals surface area contributed by atoms with E-state index in [9.17, 15) is 5.26 Å². The Labute approximate surface area is 165 Å². The number of anilines is 3. The van der Waals surface area contributed by atoms with Gasteiger partial charge in [0.15, 0.2) is 0 Å². The van der Waals surface area contributed by atoms with Crippen LogP contribution in [-0.2, 0) is 0 Å². The molecule has 0 bridgehead atoms. The normalized spacial score (nSPS) is 14.5. The molecule has 1 aliphatic heterocycles. The summed E-state index contributed by atoms with van der Waals surface area (Å²) in [6.07, 6.45) is 1.80. The Morgan fingerprint density at radius 3 is 2.32 bits per heavy atom. The summed E-state index contributed by atoms with van der Waals surface area (Å²) in [6, 6.07) is 22.4. The molecule has 0 spiro atoms. The maximum absolute atomic E-state index is 9.56. The van der Waals surface area contributed by atoms with E-state index in [1.54, 1.807) is 6.20 Å². The Kier molecular flexibility index (Phi) is 5.22. The van der Waals surface area contributed by atoms with Crippen molar-refractivity contribution in [3.63, 3.8) is 0 Å². The average molecular weight is 369 g/mol. The second-order valence-electron chi connectivity index (χ2n) is 7.06. The summed E-state index contributed by atoms with van der Waals surface area (Å²) in [5.74, 6) is 0.578. The molecule has 0 unspecified atom stereocenters. The quantitative estimate of drug-likeness (QED) is 0.750. The Bertz CT molecular complexity index is 968. The first-order valence-corrected chi connectivity index (χ1v) is 9.49. The van der Waals surface area contributed by atoms with Gasteiger partial charge in [-0.1, -0.05) is 30.3 Å². The largest absolute Gasteiger partial charge is 0.369 e. The van der Waals surface area contributed by atoms with Gasteiger partial charge < -0.3 is 15.1 Å². The number of nitrogens with zero attached hydrogens (tertiary/aromatic N) is 4. The minimum absolute atomic E-state index is 0.532. The summed E-state index contributed by atoms with van der Waals surface area (Å²) >= 11 is 0. The van der Waals surface area contributed by atoms with Crippen molar-refractivity contribution in [2.45, 2.75) is 0 Å². The molecule has 2 heterocycles. The molecule has 5 heteroatoms. The number of nitrogens with one attached hydrogen (secondary N) is 1. The molecule has 3 aromatic rings. The van der Waals surface area contributed by atoms with Crippen LogP contribution in [0.2, 0.25) is 0 Å². The molecule has 5 nitrogen and oxygen atoms in total. The third-order valence-electron chi connectivity index (χ3n) is 5.11. The summed E-state index contributed by atoms with van der Waals surface area (Å²) < 4.78 is 0. The predicted molar refractivity (Wildman–Crippen MR) is 114 cm³/mol. The molecular formula is C23H23N5. The van der Waals surface area contributed by atoms with Gasteiger partial charge in [-0.05, 0) is 42.9 Å². The van der Waals surface area contributed by atoms with E-state index in [-0.39, 0.29) is 0 Å². The van der Waals surface area contributed by atoms with E-state index in [2.05, 4.69) is 45.4 Å². The van der Waals surface area contributed by atoms with Gasteiger partial charge in [0, 0.05) is 49.3 Å². The van der Waals surface area contributed by atoms with Crippen molar-refractivity contribution in [1.82, 2.24) is 9.88 Å². The molecule has 0 radical (unpaired) electrons. The Hall–Kier alpha value is -3.36. The van der Waals surface area contributed by atoms with Gasteiger partial charge in [0.25, 0.3) is 0 Å². The zero-order valence-corrected chi connectivity index (χ0v) is 16.0. The molecule has 140 valence electrons. The summed E-state index contributed by atoms with van der Waals surface area (Å²) in [5.41, 5.74) is 4.67. The third kappa shape index (κ3) is 3.98. The second-order valence-corrected chi connectivity index (χ2v) is 7.06. The first kappa shape index (κ1) is 18.0. The van der Waals surface area contributed by atoms with Gasteiger partial charge in [-0.25, -0.2) is 4.98 Å². The van der Waals surface area contributed by atoms with Gasteiger partial charge >= 0.3 is 0 Å². The maximum atomic E-state index is 9.56. The van der Waals surface area contributed by atoms with Crippen molar-refractivity contribution in [1.29, 1.82) is 5.26 Å². The summed E-state index contributed by atoms with van der Waals surface area (Å²) in [5, 5.41) is 12.8. The molecule has 1 aromatic heterocycles. The second kappa shape index (κ2) is 8.12. The Morgan fingerprint density at radius 1 is 0.929 bits per heavy atom. The summed E-state index contributed by atoms with van der Waals surface area (Å²) in [4.78, 5) is 9.24. The average Bonchev–Trinajstić information content (AvgIpc) is 2.76. The van der Waals surface area contributed by atoms with E-state index in [0.29, 0.717) is 11.4 Å². The highest BCUT2D eigenvalue weighted by Gasteiger charge is 2.14. The van der Waals surface area contributed by atoms with Crippen molar-refractivity contribution in [2.24, 2.45) is 0 Å². The van der Waals surface area contributed by atoms with Gasteiger partial charge in [-0.15, -0.1) is 0 Å². The standard InChI is InChI=1S/C23H23N5/c1-27-11-13-28(14-12-27)22-9-7-21(8-10-22)26-23-19(16-24)15-20(17-25-23)18-5-3-2-4-6-18/h2-10,15,17H,11-14H2,1H3,(H,25,26). The third-order valence-corrected chi connectivity index (χ3v) is 5.11. The highest BCUT2D eigenvalue weighted by Crippen LogP contribution is 2.26. The maximum Gasteiger partial charge on any atom is 0.148 e. The SMILES string of the molecule is CN1CCN(c2ccc(Nc3ncc(-c4ccccc4)cc3C#N)cc2)CC1. The fourth-order valence-corrected chi connectivity index (χ4v) is 3.40. The lowest BCUT2D eigenvalue weighted by molar-refractivity contribution is 0.313. The molecule has 1 N–H and O–H groups in total. The van der Waals surface area contributed by atoms with Crippen LogP contribution in [0.15, 0.2) is 66.9 Å². The van der Waals surface area contributed by atoms with Crippen LogP contribution in [0.4, 0.5) is 17.2 Å². The Morgan fingerprint density at radius 2 is 1.64 bits per heavy atom. The molecule has 28 heavy (non-hydrogen) atoms. The van der Waals surface area contributed by atoms with Crippen LogP contribution >= 0.6 is 0 Å². The molecular weight excluding hydrogens is 346 g/mol. The number of benzene rings is 2. The summed E-state index contributed by atoms with van der Waals surface area (Å²) in [7, 11) is 2.16. The van der Waals surface area contributed by atoms with Crippen LogP contribution in [0, 0.1) is 11.3 Å². The van der Waals surface area contributed by atoms with E-state index >= 15 is 0 Å². The Balaban J connectivity index is 1.50. The number of likely N-dealkylation sites (N-methyl/N-ethyl adjacent to an activating group) is 1. The number of pyridine rings is 1. The van der Waals surface area contributed by atoms with E-state index in [1.807, 2.05) is 48.5 Å². The van der Waals surface area contributed by atoms with Crippen LogP contribution in [0.3, 0.4) is 0 Å². The molecule has 0 amide bonds. The first-order valence-electron chi connectivity index (χ1n) is 9.49.